The van der Waals surface area contributed by atoms with Crippen molar-refractivity contribution in [2.45, 2.75) is 46.1 Å². The average molecular weight is 449 g/mol. The van der Waals surface area contributed by atoms with E-state index in [0.29, 0.717) is 41.4 Å². The third-order valence-corrected chi connectivity index (χ3v) is 6.14. The van der Waals surface area contributed by atoms with Crippen LogP contribution >= 0.6 is 0 Å². The molecular weight excluding hydrogens is 420 g/mol. The molecule has 0 bridgehead atoms. The Labute approximate surface area is 191 Å². The van der Waals surface area contributed by atoms with E-state index < -0.39 is 0 Å². The van der Waals surface area contributed by atoms with Crippen LogP contribution < -0.4 is 10.9 Å². The van der Waals surface area contributed by atoms with Gasteiger partial charge in [-0.25, -0.2) is 14.6 Å². The summed E-state index contributed by atoms with van der Waals surface area (Å²) in [6.45, 7) is 6.46. The van der Waals surface area contributed by atoms with Crippen LogP contribution in [-0.2, 0) is 11.3 Å². The highest BCUT2D eigenvalue weighted by molar-refractivity contribution is 6.04. The first-order valence-electron chi connectivity index (χ1n) is 11.1. The van der Waals surface area contributed by atoms with E-state index in [4.69, 9.17) is 0 Å². The fraction of sp³-hybridized carbons (Fsp3) is 0.375. The maximum Gasteiger partial charge on any atom is 0.270 e. The van der Waals surface area contributed by atoms with Crippen molar-refractivity contribution in [3.63, 3.8) is 0 Å². The lowest BCUT2D eigenvalue weighted by atomic mass is 9.96. The number of amides is 2. The molecule has 1 fully saturated rings. The average Bonchev–Trinajstić information content (AvgIpc) is 3.06. The van der Waals surface area contributed by atoms with Crippen LogP contribution in [0.1, 0.15) is 51.9 Å². The third kappa shape index (κ3) is 4.87. The second-order valence-electron chi connectivity index (χ2n) is 8.48. The summed E-state index contributed by atoms with van der Waals surface area (Å²) in [5, 5.41) is 5.81. The normalized spacial score (nSPS) is 16.0. The van der Waals surface area contributed by atoms with E-state index in [1.165, 1.54) is 4.68 Å². The van der Waals surface area contributed by atoms with Crippen molar-refractivity contribution < 1.29 is 9.59 Å². The molecule has 1 aromatic carbocycles. The lowest BCUT2D eigenvalue weighted by Crippen LogP contribution is -2.42. The number of piperidine rings is 1. The second-order valence-corrected chi connectivity index (χ2v) is 8.48. The van der Waals surface area contributed by atoms with Gasteiger partial charge in [0.25, 0.3) is 11.5 Å². The van der Waals surface area contributed by atoms with Gasteiger partial charge in [-0.15, -0.1) is 0 Å². The Morgan fingerprint density at radius 3 is 2.61 bits per heavy atom. The molecule has 9 nitrogen and oxygen atoms in total. The van der Waals surface area contributed by atoms with Gasteiger partial charge in [-0.05, 0) is 45.7 Å². The molecule has 0 spiro atoms. The van der Waals surface area contributed by atoms with E-state index in [9.17, 15) is 14.4 Å². The Morgan fingerprint density at radius 2 is 1.94 bits per heavy atom. The molecule has 3 heterocycles. The Morgan fingerprint density at radius 1 is 1.18 bits per heavy atom. The van der Waals surface area contributed by atoms with Gasteiger partial charge in [0.05, 0.1) is 11.3 Å². The zero-order chi connectivity index (χ0) is 23.5. The van der Waals surface area contributed by atoms with Crippen LogP contribution in [0.25, 0.3) is 0 Å². The first-order valence-corrected chi connectivity index (χ1v) is 11.1. The molecule has 4 rings (SSSR count). The van der Waals surface area contributed by atoms with Gasteiger partial charge in [0.2, 0.25) is 5.91 Å². The predicted molar refractivity (Wildman–Crippen MR) is 124 cm³/mol. The number of carbonyl (C=O) groups is 2. The number of nitrogens with zero attached hydrogens (tertiary/aromatic N) is 4. The number of likely N-dealkylation sites (tertiary alicyclic amines) is 1. The lowest BCUT2D eigenvalue weighted by molar-refractivity contribution is -0.133. The van der Waals surface area contributed by atoms with Crippen molar-refractivity contribution in [3.05, 3.63) is 75.2 Å². The van der Waals surface area contributed by atoms with E-state index in [2.05, 4.69) is 20.4 Å². The van der Waals surface area contributed by atoms with E-state index in [1.807, 2.05) is 37.3 Å². The molecule has 1 atom stereocenters. The van der Waals surface area contributed by atoms with Crippen LogP contribution in [0.2, 0.25) is 0 Å². The maximum atomic E-state index is 12.9. The molecule has 1 aliphatic rings. The summed E-state index contributed by atoms with van der Waals surface area (Å²) in [4.78, 5) is 48.5. The van der Waals surface area contributed by atoms with Crippen molar-refractivity contribution in [2.75, 3.05) is 18.4 Å². The van der Waals surface area contributed by atoms with Gasteiger partial charge in [0.1, 0.15) is 12.4 Å². The number of rotatable bonds is 5. The van der Waals surface area contributed by atoms with Crippen LogP contribution in [0, 0.1) is 20.8 Å². The van der Waals surface area contributed by atoms with Gasteiger partial charge in [-0.3, -0.25) is 19.5 Å². The molecule has 0 aliphatic carbocycles. The number of para-hydroxylation sites is 1. The van der Waals surface area contributed by atoms with Crippen molar-refractivity contribution in [2.24, 2.45) is 0 Å². The molecule has 0 saturated carbocycles. The molecule has 2 amide bonds. The molecule has 33 heavy (non-hydrogen) atoms. The number of aryl methyl sites for hydroxylation is 2. The van der Waals surface area contributed by atoms with E-state index >= 15 is 0 Å². The van der Waals surface area contributed by atoms with Gasteiger partial charge < -0.3 is 10.2 Å². The maximum absolute atomic E-state index is 12.9. The third-order valence-electron chi connectivity index (χ3n) is 6.14. The number of anilines is 1. The Hall–Kier alpha value is -3.75. The van der Waals surface area contributed by atoms with Crippen LogP contribution in [0.15, 0.2) is 41.3 Å². The number of aromatic nitrogens is 4. The van der Waals surface area contributed by atoms with Crippen molar-refractivity contribution in [3.8, 4) is 0 Å². The minimum Gasteiger partial charge on any atom is -0.340 e. The molecular formula is C24H28N6O3. The first-order chi connectivity index (χ1) is 15.8. The summed E-state index contributed by atoms with van der Waals surface area (Å²) >= 11 is 0. The quantitative estimate of drug-likeness (QED) is 0.623. The summed E-state index contributed by atoms with van der Waals surface area (Å²) in [6.07, 6.45) is 3.24. The summed E-state index contributed by atoms with van der Waals surface area (Å²) in [5.74, 6) is 0.243. The highest BCUT2D eigenvalue weighted by atomic mass is 16.2. The van der Waals surface area contributed by atoms with Crippen molar-refractivity contribution in [1.29, 1.82) is 0 Å². The smallest absolute Gasteiger partial charge is 0.270 e. The lowest BCUT2D eigenvalue weighted by Gasteiger charge is -2.32. The van der Waals surface area contributed by atoms with E-state index in [-0.39, 0.29) is 29.8 Å². The van der Waals surface area contributed by atoms with Crippen LogP contribution in [0.3, 0.4) is 0 Å². The predicted octanol–water partition coefficient (Wildman–Crippen LogP) is 2.55. The SMILES string of the molecule is Cc1nc([C@H]2CCCN(C(=O)Cn3[nH]c(C)c(C)c3=O)C2)ncc1C(=O)Nc1ccccc1. The molecule has 0 radical (unpaired) electrons. The summed E-state index contributed by atoms with van der Waals surface area (Å²) < 4.78 is 1.36. The first kappa shape index (κ1) is 22.4. The van der Waals surface area contributed by atoms with E-state index in [0.717, 1.165) is 18.5 Å². The largest absolute Gasteiger partial charge is 0.340 e. The highest BCUT2D eigenvalue weighted by Crippen LogP contribution is 2.25. The molecule has 0 unspecified atom stereocenters. The molecule has 172 valence electrons. The zero-order valence-electron chi connectivity index (χ0n) is 19.1. The zero-order valence-corrected chi connectivity index (χ0v) is 19.1. The van der Waals surface area contributed by atoms with Gasteiger partial charge in [0, 0.05) is 42.1 Å². The van der Waals surface area contributed by atoms with Gasteiger partial charge in [0.15, 0.2) is 0 Å². The molecule has 3 aromatic rings. The van der Waals surface area contributed by atoms with Crippen LogP contribution in [-0.4, -0.2) is 49.6 Å². The van der Waals surface area contributed by atoms with Gasteiger partial charge in [-0.1, -0.05) is 18.2 Å². The van der Waals surface area contributed by atoms with Gasteiger partial charge in [-0.2, -0.15) is 0 Å². The van der Waals surface area contributed by atoms with Crippen LogP contribution in [0.4, 0.5) is 5.69 Å². The minimum atomic E-state index is -0.257. The minimum absolute atomic E-state index is 0.0152. The van der Waals surface area contributed by atoms with Crippen molar-refractivity contribution in [1.82, 2.24) is 24.6 Å². The molecule has 9 heteroatoms. The number of H-pyrrole nitrogens is 1. The second kappa shape index (κ2) is 9.40. The van der Waals surface area contributed by atoms with Gasteiger partial charge >= 0.3 is 0 Å². The number of aromatic amines is 1. The summed E-state index contributed by atoms with van der Waals surface area (Å²) in [6, 6.07) is 9.23. The summed E-state index contributed by atoms with van der Waals surface area (Å²) in [5.41, 5.74) is 2.95. The number of nitrogens with one attached hydrogen (secondary N) is 2. The number of benzene rings is 1. The molecule has 1 saturated heterocycles. The number of hydrogen-bond donors (Lipinski definition) is 2. The summed E-state index contributed by atoms with van der Waals surface area (Å²) in [7, 11) is 0. The van der Waals surface area contributed by atoms with Crippen LogP contribution in [0.5, 0.6) is 0 Å². The molecule has 2 N–H and O–H groups in total. The monoisotopic (exact) mass is 448 g/mol. The fourth-order valence-corrected chi connectivity index (χ4v) is 4.09. The molecule has 2 aromatic heterocycles. The highest BCUT2D eigenvalue weighted by Gasteiger charge is 2.28. The topological polar surface area (TPSA) is 113 Å². The Kier molecular flexibility index (Phi) is 6.39. The molecule has 1 aliphatic heterocycles. The Balaban J connectivity index is 1.44. The van der Waals surface area contributed by atoms with Crippen molar-refractivity contribution >= 4 is 17.5 Å². The Bertz CT molecular complexity index is 1230. The van der Waals surface area contributed by atoms with E-state index in [1.54, 1.807) is 24.9 Å². The number of carbonyl (C=O) groups excluding carboxylic acids is 2. The fourth-order valence-electron chi connectivity index (χ4n) is 4.09. The standard InChI is InChI=1S/C24H28N6O3/c1-15-16(2)28-30(24(15)33)14-21(31)29-11-7-8-18(13-29)22-25-12-20(17(3)26-22)23(32)27-19-9-5-4-6-10-19/h4-6,9-10,12,18,28H,7-8,11,13-14H2,1-3H3,(H,27,32)/t18-/m0/s1. The number of hydrogen-bond acceptors (Lipinski definition) is 5.